The molecule has 0 aliphatic carbocycles. The number of anilines is 1. The van der Waals surface area contributed by atoms with E-state index in [1.165, 1.54) is 4.68 Å². The van der Waals surface area contributed by atoms with Crippen molar-refractivity contribution in [3.05, 3.63) is 11.8 Å². The average molecular weight is 295 g/mol. The zero-order valence-electron chi connectivity index (χ0n) is 12.8. The molecule has 7 heteroatoms. The number of carbonyl (C=O) groups is 1. The Hall–Kier alpha value is -1.60. The molecule has 2 rings (SSSR count). The zero-order chi connectivity index (χ0) is 15.2. The molecule has 1 aliphatic heterocycles. The van der Waals surface area contributed by atoms with E-state index < -0.39 is 0 Å². The van der Waals surface area contributed by atoms with E-state index in [4.69, 9.17) is 10.5 Å². The van der Waals surface area contributed by atoms with E-state index in [1.807, 2.05) is 6.92 Å². The summed E-state index contributed by atoms with van der Waals surface area (Å²) in [5.41, 5.74) is 6.60. The van der Waals surface area contributed by atoms with Gasteiger partial charge >= 0.3 is 0 Å². The molecule has 0 bridgehead atoms. The maximum absolute atomic E-state index is 11.9. The molecule has 21 heavy (non-hydrogen) atoms. The van der Waals surface area contributed by atoms with Gasteiger partial charge in [0.05, 0.1) is 12.3 Å². The highest BCUT2D eigenvalue weighted by Gasteiger charge is 2.22. The minimum atomic E-state index is -0.0415. The molecule has 1 fully saturated rings. The third-order valence-corrected chi connectivity index (χ3v) is 3.80. The van der Waals surface area contributed by atoms with Crippen molar-refractivity contribution in [1.82, 2.24) is 20.0 Å². The van der Waals surface area contributed by atoms with Gasteiger partial charge in [0, 0.05) is 32.8 Å². The first-order chi connectivity index (χ1) is 10.1. The number of hydrogen-bond donors (Lipinski definition) is 2. The topological polar surface area (TPSA) is 85.4 Å². The molecule has 0 aromatic carbocycles. The highest BCUT2D eigenvalue weighted by molar-refractivity contribution is 5.76. The van der Waals surface area contributed by atoms with Crippen molar-refractivity contribution in [2.45, 2.75) is 19.9 Å². The molecule has 3 N–H and O–H groups in total. The van der Waals surface area contributed by atoms with Gasteiger partial charge in [-0.2, -0.15) is 5.10 Å². The number of amides is 1. The van der Waals surface area contributed by atoms with Crippen LogP contribution >= 0.6 is 0 Å². The first kappa shape index (κ1) is 15.8. The van der Waals surface area contributed by atoms with Crippen molar-refractivity contribution >= 4 is 11.7 Å². The molecule has 0 radical (unpaired) electrons. The number of ether oxygens (including phenoxy) is 1. The number of nitrogens with one attached hydrogen (secondary N) is 1. The van der Waals surface area contributed by atoms with Crippen molar-refractivity contribution in [3.63, 3.8) is 0 Å². The molecule has 1 saturated heterocycles. The Morgan fingerprint density at radius 3 is 3.10 bits per heavy atom. The van der Waals surface area contributed by atoms with E-state index in [2.05, 4.69) is 15.3 Å². The van der Waals surface area contributed by atoms with Crippen molar-refractivity contribution < 1.29 is 9.53 Å². The Balaban J connectivity index is 1.69. The molecule has 2 heterocycles. The maximum atomic E-state index is 11.9. The lowest BCUT2D eigenvalue weighted by atomic mass is 10.1. The summed E-state index contributed by atoms with van der Waals surface area (Å²) in [6.45, 7) is 6.57. The lowest BCUT2D eigenvalue weighted by molar-refractivity contribution is -0.122. The third-order valence-electron chi connectivity index (χ3n) is 3.80. The van der Waals surface area contributed by atoms with Crippen molar-refractivity contribution in [2.24, 2.45) is 5.92 Å². The molecule has 0 saturated carbocycles. The Morgan fingerprint density at radius 1 is 1.62 bits per heavy atom. The van der Waals surface area contributed by atoms with Gasteiger partial charge in [-0.15, -0.1) is 0 Å². The first-order valence-electron chi connectivity index (χ1n) is 7.36. The molecule has 1 atom stereocenters. The molecule has 118 valence electrons. The van der Waals surface area contributed by atoms with E-state index in [0.717, 1.165) is 38.4 Å². The van der Waals surface area contributed by atoms with E-state index in [9.17, 15) is 4.79 Å². The lowest BCUT2D eigenvalue weighted by Crippen LogP contribution is -2.34. The second-order valence-electron chi connectivity index (χ2n) is 5.62. The SMILES string of the molecule is COCCN1CC[C@H](CNC(=O)Cn2nc(C)cc2N)C1. The van der Waals surface area contributed by atoms with Crippen LogP contribution < -0.4 is 11.1 Å². The predicted molar refractivity (Wildman–Crippen MR) is 80.8 cm³/mol. The summed E-state index contributed by atoms with van der Waals surface area (Å²) >= 11 is 0. The summed E-state index contributed by atoms with van der Waals surface area (Å²) < 4.78 is 6.62. The van der Waals surface area contributed by atoms with E-state index in [0.29, 0.717) is 18.3 Å². The normalized spacial score (nSPS) is 19.0. The van der Waals surface area contributed by atoms with Crippen LogP contribution in [0.5, 0.6) is 0 Å². The van der Waals surface area contributed by atoms with Crippen LogP contribution in [0.25, 0.3) is 0 Å². The summed E-state index contributed by atoms with van der Waals surface area (Å²) in [6, 6.07) is 1.76. The van der Waals surface area contributed by atoms with Gasteiger partial charge in [-0.25, -0.2) is 4.68 Å². The number of rotatable bonds is 7. The molecule has 1 aromatic rings. The van der Waals surface area contributed by atoms with Crippen molar-refractivity contribution in [3.8, 4) is 0 Å². The molecular formula is C14H25N5O2. The van der Waals surface area contributed by atoms with E-state index in [1.54, 1.807) is 13.2 Å². The van der Waals surface area contributed by atoms with Crippen LogP contribution in [0.2, 0.25) is 0 Å². The Labute approximate surface area is 125 Å². The molecule has 0 spiro atoms. The van der Waals surface area contributed by atoms with Gasteiger partial charge in [-0.1, -0.05) is 0 Å². The van der Waals surface area contributed by atoms with Gasteiger partial charge in [0.15, 0.2) is 0 Å². The monoisotopic (exact) mass is 295 g/mol. The lowest BCUT2D eigenvalue weighted by Gasteiger charge is -2.15. The molecule has 7 nitrogen and oxygen atoms in total. The highest BCUT2D eigenvalue weighted by Crippen LogP contribution is 2.14. The van der Waals surface area contributed by atoms with Gasteiger partial charge in [-0.3, -0.25) is 4.79 Å². The number of aromatic nitrogens is 2. The van der Waals surface area contributed by atoms with E-state index in [-0.39, 0.29) is 12.5 Å². The number of hydrogen-bond acceptors (Lipinski definition) is 5. The fourth-order valence-electron chi connectivity index (χ4n) is 2.65. The van der Waals surface area contributed by atoms with Crippen LogP contribution in [0.4, 0.5) is 5.82 Å². The highest BCUT2D eigenvalue weighted by atomic mass is 16.5. The molecule has 1 aromatic heterocycles. The number of nitrogen functional groups attached to an aromatic ring is 1. The number of likely N-dealkylation sites (tertiary alicyclic amines) is 1. The summed E-state index contributed by atoms with van der Waals surface area (Å²) in [5, 5.41) is 7.16. The van der Waals surface area contributed by atoms with Crippen LogP contribution in [-0.2, 0) is 16.1 Å². The van der Waals surface area contributed by atoms with Crippen LogP contribution in [0.15, 0.2) is 6.07 Å². The largest absolute Gasteiger partial charge is 0.384 e. The van der Waals surface area contributed by atoms with Gasteiger partial charge in [0.25, 0.3) is 0 Å². The van der Waals surface area contributed by atoms with Gasteiger partial charge < -0.3 is 20.7 Å². The standard InChI is InChI=1S/C14H25N5O2/c1-11-7-13(15)19(17-11)10-14(20)16-8-12-3-4-18(9-12)5-6-21-2/h7,12H,3-6,8-10,15H2,1-2H3,(H,16,20)/t12-/m1/s1. The van der Waals surface area contributed by atoms with Crippen LogP contribution in [0.1, 0.15) is 12.1 Å². The summed E-state index contributed by atoms with van der Waals surface area (Å²) in [6.07, 6.45) is 1.12. The molecule has 1 amide bonds. The summed E-state index contributed by atoms with van der Waals surface area (Å²) in [5.74, 6) is 0.997. The van der Waals surface area contributed by atoms with Crippen LogP contribution in [0.3, 0.4) is 0 Å². The minimum Gasteiger partial charge on any atom is -0.384 e. The Morgan fingerprint density at radius 2 is 2.43 bits per heavy atom. The summed E-state index contributed by atoms with van der Waals surface area (Å²) in [4.78, 5) is 14.3. The molecular weight excluding hydrogens is 270 g/mol. The minimum absolute atomic E-state index is 0.0415. The quantitative estimate of drug-likeness (QED) is 0.731. The maximum Gasteiger partial charge on any atom is 0.241 e. The fraction of sp³-hybridized carbons (Fsp3) is 0.714. The van der Waals surface area contributed by atoms with Gasteiger partial charge in [-0.05, 0) is 25.8 Å². The summed E-state index contributed by atoms with van der Waals surface area (Å²) in [7, 11) is 1.72. The molecule has 1 aliphatic rings. The Kier molecular flexibility index (Phi) is 5.58. The zero-order valence-corrected chi connectivity index (χ0v) is 12.8. The van der Waals surface area contributed by atoms with Gasteiger partial charge in [0.1, 0.15) is 12.4 Å². The van der Waals surface area contributed by atoms with Crippen LogP contribution in [-0.4, -0.2) is 60.5 Å². The average Bonchev–Trinajstić information content (AvgIpc) is 3.01. The second kappa shape index (κ2) is 7.42. The Bertz CT molecular complexity index is 474. The van der Waals surface area contributed by atoms with Gasteiger partial charge in [0.2, 0.25) is 5.91 Å². The fourth-order valence-corrected chi connectivity index (χ4v) is 2.65. The van der Waals surface area contributed by atoms with E-state index >= 15 is 0 Å². The second-order valence-corrected chi connectivity index (χ2v) is 5.62. The number of aryl methyl sites for hydroxylation is 1. The molecule has 0 unspecified atom stereocenters. The predicted octanol–water partition coefficient (Wildman–Crippen LogP) is -0.142. The number of methoxy groups -OCH3 is 1. The number of carbonyl (C=O) groups excluding carboxylic acids is 1. The first-order valence-corrected chi connectivity index (χ1v) is 7.36. The number of nitrogens with two attached hydrogens (primary N) is 1. The number of nitrogens with zero attached hydrogens (tertiary/aromatic N) is 3. The smallest absolute Gasteiger partial charge is 0.241 e. The van der Waals surface area contributed by atoms with Crippen molar-refractivity contribution in [1.29, 1.82) is 0 Å². The van der Waals surface area contributed by atoms with Crippen LogP contribution in [0, 0.1) is 12.8 Å². The third kappa shape index (κ3) is 4.71. The van der Waals surface area contributed by atoms with Crippen molar-refractivity contribution in [2.75, 3.05) is 45.6 Å².